The Kier molecular flexibility index (Phi) is 5.17. The molecule has 0 unspecified atom stereocenters. The molecule has 2 N–H and O–H groups in total. The van der Waals surface area contributed by atoms with Crippen LogP contribution in [0.2, 0.25) is 0 Å². The van der Waals surface area contributed by atoms with Gasteiger partial charge in [-0.3, -0.25) is 0 Å². The third-order valence-corrected chi connectivity index (χ3v) is 7.46. The summed E-state index contributed by atoms with van der Waals surface area (Å²) in [5.74, 6) is 3.62. The van der Waals surface area contributed by atoms with E-state index in [-0.39, 0.29) is 19.5 Å². The van der Waals surface area contributed by atoms with Crippen molar-refractivity contribution < 1.29 is 19.5 Å². The number of aromatic amines is 2. The molecule has 3 aliphatic heterocycles. The molecule has 2 aromatic heterocycles. The minimum Gasteiger partial charge on any atom is -0.325 e. The smallest absolute Gasteiger partial charge is 0.325 e. The van der Waals surface area contributed by atoms with E-state index < -0.39 is 0 Å². The van der Waals surface area contributed by atoms with Crippen molar-refractivity contribution in [2.75, 3.05) is 0 Å². The number of fused-ring (bicyclic) bond motifs is 20. The Morgan fingerprint density at radius 2 is 0.756 bits per heavy atom. The summed E-state index contributed by atoms with van der Waals surface area (Å²) in [6.45, 7) is 0. The molecule has 41 heavy (non-hydrogen) atoms. The summed E-state index contributed by atoms with van der Waals surface area (Å²) in [5.41, 5.74) is 7.07. The molecule has 8 nitrogen and oxygen atoms in total. The largest absolute Gasteiger partial charge is 2.00 e. The Hall–Kier alpha value is -5.14. The van der Waals surface area contributed by atoms with E-state index in [0.717, 1.165) is 49.8 Å². The summed E-state index contributed by atoms with van der Waals surface area (Å²) in [6.07, 6.45) is 0. The number of nitrogens with zero attached hydrogens (tertiary/aromatic N) is 6. The van der Waals surface area contributed by atoms with Crippen LogP contribution in [-0.2, 0) is 19.5 Å². The first-order valence-electron chi connectivity index (χ1n) is 13.0. The molecule has 4 aromatic carbocycles. The van der Waals surface area contributed by atoms with Crippen molar-refractivity contribution >= 4 is 22.1 Å². The van der Waals surface area contributed by atoms with Gasteiger partial charge in [0.05, 0.1) is 0 Å². The minimum absolute atomic E-state index is 0. The van der Waals surface area contributed by atoms with Gasteiger partial charge < -0.3 is 9.97 Å². The molecule has 0 fully saturated rings. The number of nitrogens with one attached hydrogen (secondary N) is 2. The fraction of sp³-hybridized carbons (Fsp3) is 0. The molecule has 186 valence electrons. The van der Waals surface area contributed by atoms with Crippen LogP contribution in [0, 0.1) is 0 Å². The minimum atomic E-state index is 0. The molecule has 8 bridgehead atoms. The molecule has 9 rings (SSSR count). The fourth-order valence-corrected chi connectivity index (χ4v) is 5.59. The van der Waals surface area contributed by atoms with Crippen molar-refractivity contribution in [2.45, 2.75) is 0 Å². The molecule has 0 atom stereocenters. The van der Waals surface area contributed by atoms with Crippen LogP contribution in [0.5, 0.6) is 0 Å². The van der Waals surface area contributed by atoms with Gasteiger partial charge in [-0.1, -0.05) is 97.1 Å². The Balaban J connectivity index is 0.00000256. The average Bonchev–Trinajstić information content (AvgIpc) is 3.73. The predicted molar refractivity (Wildman–Crippen MR) is 154 cm³/mol. The van der Waals surface area contributed by atoms with Crippen molar-refractivity contribution in [1.82, 2.24) is 39.9 Å². The van der Waals surface area contributed by atoms with E-state index >= 15 is 0 Å². The van der Waals surface area contributed by atoms with Crippen molar-refractivity contribution in [3.63, 3.8) is 0 Å². The number of rotatable bonds is 0. The first kappa shape index (κ1) is 23.7. The van der Waals surface area contributed by atoms with Crippen LogP contribution in [0.15, 0.2) is 97.1 Å². The van der Waals surface area contributed by atoms with E-state index in [4.69, 9.17) is 29.9 Å². The number of benzene rings is 4. The third-order valence-electron chi connectivity index (χ3n) is 7.46. The van der Waals surface area contributed by atoms with Crippen molar-refractivity contribution in [1.29, 1.82) is 0 Å². The van der Waals surface area contributed by atoms with Gasteiger partial charge in [-0.15, -0.1) is 0 Å². The Morgan fingerprint density at radius 3 is 1.29 bits per heavy atom. The molecule has 0 spiro atoms. The fourth-order valence-electron chi connectivity index (χ4n) is 5.59. The van der Waals surface area contributed by atoms with E-state index in [0.29, 0.717) is 40.6 Å². The predicted octanol–water partition coefficient (Wildman–Crippen LogP) is 6.77. The second-order valence-electron chi connectivity index (χ2n) is 9.79. The first-order chi connectivity index (χ1) is 19.8. The quantitative estimate of drug-likeness (QED) is 0.192. The number of aromatic nitrogens is 8. The van der Waals surface area contributed by atoms with Crippen molar-refractivity contribution in [2.24, 2.45) is 0 Å². The maximum absolute atomic E-state index is 5.02. The molecule has 3 aliphatic rings. The van der Waals surface area contributed by atoms with Gasteiger partial charge in [0.25, 0.3) is 0 Å². The van der Waals surface area contributed by atoms with Crippen LogP contribution in [0.25, 0.3) is 90.4 Å². The van der Waals surface area contributed by atoms with Crippen LogP contribution in [-0.4, -0.2) is 39.9 Å². The van der Waals surface area contributed by atoms with Crippen molar-refractivity contribution in [3.05, 3.63) is 97.1 Å². The standard InChI is InChI=1S/C32H18N8.Zn/c1-2-10-18-17(9-1)25-33-26(18)38-28-21-13-5-6-14-22(21)30(35-28)40-32-24-16-8-7-15-23(24)31(36-32)39-29-20-12-4-3-11-19(20)27(34-29)37-25;/h1-16H,(H2,33,34,35,36,37,38,39,40);/q;+2. The molecular weight excluding hydrogens is 562 g/mol. The third kappa shape index (κ3) is 3.56. The summed E-state index contributed by atoms with van der Waals surface area (Å²) in [7, 11) is 0. The van der Waals surface area contributed by atoms with E-state index in [1.165, 1.54) is 0 Å². The van der Waals surface area contributed by atoms with E-state index in [9.17, 15) is 0 Å². The maximum Gasteiger partial charge on any atom is 2.00 e. The molecule has 0 aliphatic carbocycles. The van der Waals surface area contributed by atoms with E-state index in [1.807, 2.05) is 84.9 Å². The maximum atomic E-state index is 5.02. The molecule has 0 amide bonds. The molecular formula is C32H18N8Zn+2. The Bertz CT molecular complexity index is 2100. The number of hydrogen-bond donors (Lipinski definition) is 2. The second-order valence-corrected chi connectivity index (χ2v) is 9.79. The molecule has 0 saturated heterocycles. The summed E-state index contributed by atoms with van der Waals surface area (Å²) in [6, 6.07) is 32.3. The zero-order valence-corrected chi connectivity index (χ0v) is 24.6. The molecule has 5 heterocycles. The Morgan fingerprint density at radius 1 is 0.366 bits per heavy atom. The summed E-state index contributed by atoms with van der Waals surface area (Å²) in [5, 5.41) is 1.98. The van der Waals surface area contributed by atoms with Crippen LogP contribution in [0.3, 0.4) is 0 Å². The first-order valence-corrected chi connectivity index (χ1v) is 13.0. The summed E-state index contributed by atoms with van der Waals surface area (Å²) < 4.78 is 0. The van der Waals surface area contributed by atoms with Crippen LogP contribution >= 0.6 is 0 Å². The van der Waals surface area contributed by atoms with Gasteiger partial charge in [0, 0.05) is 44.2 Å². The number of H-pyrrole nitrogens is 2. The number of hydrogen-bond acceptors (Lipinski definition) is 6. The SMILES string of the molecule is [Zn+2].c1ccc2c(c1)-c1nc3nc(nc4[nH]c([nH]c5nc(nc-2n1)-c1ccccc1-5)c1ccccc41)-c1ccccc1-3. The van der Waals surface area contributed by atoms with Crippen LogP contribution < -0.4 is 0 Å². The van der Waals surface area contributed by atoms with Gasteiger partial charge in [0.1, 0.15) is 17.1 Å². The van der Waals surface area contributed by atoms with Crippen LogP contribution in [0.4, 0.5) is 0 Å². The van der Waals surface area contributed by atoms with Gasteiger partial charge in [-0.05, 0) is 0 Å². The van der Waals surface area contributed by atoms with Gasteiger partial charge in [0.15, 0.2) is 29.1 Å². The molecule has 6 aromatic rings. The summed E-state index contributed by atoms with van der Waals surface area (Å²) in [4.78, 5) is 36.7. The monoisotopic (exact) mass is 578 g/mol. The molecule has 9 heteroatoms. The van der Waals surface area contributed by atoms with Gasteiger partial charge in [-0.2, -0.15) is 0 Å². The second kappa shape index (κ2) is 8.94. The van der Waals surface area contributed by atoms with E-state index in [1.54, 1.807) is 0 Å². The van der Waals surface area contributed by atoms with Gasteiger partial charge >= 0.3 is 19.5 Å². The molecule has 0 saturated carbocycles. The van der Waals surface area contributed by atoms with E-state index in [2.05, 4.69) is 22.1 Å². The topological polar surface area (TPSA) is 109 Å². The average molecular weight is 580 g/mol. The van der Waals surface area contributed by atoms with Gasteiger partial charge in [0.2, 0.25) is 0 Å². The normalized spacial score (nSPS) is 11.7. The zero-order valence-electron chi connectivity index (χ0n) is 21.6. The van der Waals surface area contributed by atoms with Crippen LogP contribution in [0.1, 0.15) is 0 Å². The van der Waals surface area contributed by atoms with Gasteiger partial charge in [-0.25, -0.2) is 29.9 Å². The summed E-state index contributed by atoms with van der Waals surface area (Å²) >= 11 is 0. The molecule has 0 radical (unpaired) electrons. The Labute approximate surface area is 246 Å². The van der Waals surface area contributed by atoms with Crippen molar-refractivity contribution in [3.8, 4) is 68.3 Å². The zero-order chi connectivity index (χ0) is 26.2.